The molecule has 0 amide bonds. The topological polar surface area (TPSA) is 36.4 Å². The highest BCUT2D eigenvalue weighted by molar-refractivity contribution is 7.80. The molecule has 0 radical (unpaired) electrons. The molecule has 0 aliphatic heterocycles. The molecule has 0 spiro atoms. The normalized spacial score (nSPS) is 12.4. The molecule has 0 bridgehead atoms. The fraction of sp³-hybridized carbons (Fsp3) is 0.273. The van der Waals surface area contributed by atoms with Gasteiger partial charge in [-0.1, -0.05) is 37.3 Å². The van der Waals surface area contributed by atoms with E-state index in [1.165, 1.54) is 5.56 Å². The summed E-state index contributed by atoms with van der Waals surface area (Å²) in [4.78, 5) is 0. The maximum absolute atomic E-state index is 4.89. The third-order valence-corrected chi connectivity index (χ3v) is 2.31. The Labute approximate surface area is 95.6 Å². The largest absolute Gasteiger partial charge is 0.364 e. The molecule has 3 nitrogen and oxygen atoms in total. The summed E-state index contributed by atoms with van der Waals surface area (Å²) in [5, 5.41) is 7.34. The Kier molecular flexibility index (Phi) is 4.77. The maximum atomic E-state index is 4.89. The van der Waals surface area contributed by atoms with E-state index < -0.39 is 0 Å². The van der Waals surface area contributed by atoms with Crippen LogP contribution in [0.1, 0.15) is 18.4 Å². The molecule has 0 aromatic heterocycles. The zero-order valence-electron chi connectivity index (χ0n) is 8.90. The lowest BCUT2D eigenvalue weighted by Crippen LogP contribution is -2.28. The highest BCUT2D eigenvalue weighted by atomic mass is 32.1. The minimum atomic E-state index is 0.276. The fourth-order valence-corrected chi connectivity index (χ4v) is 1.16. The lowest BCUT2D eigenvalue weighted by molar-refractivity contribution is 0.950. The van der Waals surface area contributed by atoms with Gasteiger partial charge in [0.25, 0.3) is 0 Å². The van der Waals surface area contributed by atoms with Crippen molar-refractivity contribution in [3.05, 3.63) is 35.9 Å². The van der Waals surface area contributed by atoms with Crippen LogP contribution in [-0.4, -0.2) is 18.4 Å². The number of thiocarbonyl (C=S) groups is 1. The number of hydrazone groups is 1. The van der Waals surface area contributed by atoms with Crippen LogP contribution in [0.3, 0.4) is 0 Å². The van der Waals surface area contributed by atoms with Crippen molar-refractivity contribution in [1.82, 2.24) is 10.7 Å². The standard InChI is InChI=1S/C11H15N3S/c1-9(8-13-14-11(15)12-2)10-6-4-3-5-7-10/h3-9H,1-2H3,(H2,12,14,15)/b13-8-. The van der Waals surface area contributed by atoms with E-state index in [1.807, 2.05) is 24.4 Å². The Morgan fingerprint density at radius 2 is 2.07 bits per heavy atom. The van der Waals surface area contributed by atoms with Crippen LogP contribution in [0.25, 0.3) is 0 Å². The zero-order valence-corrected chi connectivity index (χ0v) is 9.71. The van der Waals surface area contributed by atoms with Gasteiger partial charge in [0.15, 0.2) is 5.11 Å². The van der Waals surface area contributed by atoms with Crippen LogP contribution in [-0.2, 0) is 0 Å². The molecule has 1 atom stereocenters. The molecule has 0 saturated carbocycles. The third kappa shape index (κ3) is 4.08. The Morgan fingerprint density at radius 3 is 2.67 bits per heavy atom. The smallest absolute Gasteiger partial charge is 0.186 e. The molecule has 15 heavy (non-hydrogen) atoms. The van der Waals surface area contributed by atoms with Crippen molar-refractivity contribution in [2.75, 3.05) is 7.05 Å². The first kappa shape index (κ1) is 11.7. The molecule has 80 valence electrons. The molecule has 1 aromatic carbocycles. The van der Waals surface area contributed by atoms with Crippen LogP contribution in [0.5, 0.6) is 0 Å². The van der Waals surface area contributed by atoms with Gasteiger partial charge in [-0.3, -0.25) is 5.43 Å². The predicted octanol–water partition coefficient (Wildman–Crippen LogP) is 1.87. The van der Waals surface area contributed by atoms with Crippen LogP contribution >= 0.6 is 12.2 Å². The molecule has 0 saturated heterocycles. The van der Waals surface area contributed by atoms with Crippen LogP contribution in [0.15, 0.2) is 35.4 Å². The van der Waals surface area contributed by atoms with Crippen molar-refractivity contribution in [3.8, 4) is 0 Å². The van der Waals surface area contributed by atoms with Crippen molar-refractivity contribution in [2.45, 2.75) is 12.8 Å². The van der Waals surface area contributed by atoms with Crippen molar-refractivity contribution >= 4 is 23.5 Å². The number of nitrogens with zero attached hydrogens (tertiary/aromatic N) is 1. The molecule has 1 aromatic rings. The van der Waals surface area contributed by atoms with Crippen LogP contribution < -0.4 is 10.7 Å². The predicted molar refractivity (Wildman–Crippen MR) is 68.1 cm³/mol. The summed E-state index contributed by atoms with van der Waals surface area (Å²) >= 11 is 4.89. The van der Waals surface area contributed by atoms with Crippen molar-refractivity contribution in [3.63, 3.8) is 0 Å². The van der Waals surface area contributed by atoms with Gasteiger partial charge in [0.1, 0.15) is 0 Å². The van der Waals surface area contributed by atoms with Gasteiger partial charge >= 0.3 is 0 Å². The molecule has 4 heteroatoms. The van der Waals surface area contributed by atoms with Crippen molar-refractivity contribution < 1.29 is 0 Å². The van der Waals surface area contributed by atoms with Crippen LogP contribution in [0.4, 0.5) is 0 Å². The van der Waals surface area contributed by atoms with Gasteiger partial charge in [0, 0.05) is 19.2 Å². The zero-order chi connectivity index (χ0) is 11.1. The van der Waals surface area contributed by atoms with Gasteiger partial charge in [0.2, 0.25) is 0 Å². The van der Waals surface area contributed by atoms with Gasteiger partial charge in [-0.15, -0.1) is 0 Å². The van der Waals surface area contributed by atoms with Gasteiger partial charge in [-0.2, -0.15) is 5.10 Å². The van der Waals surface area contributed by atoms with Gasteiger partial charge in [-0.05, 0) is 17.8 Å². The van der Waals surface area contributed by atoms with E-state index in [9.17, 15) is 0 Å². The average molecular weight is 221 g/mol. The first-order valence-electron chi connectivity index (χ1n) is 4.80. The second kappa shape index (κ2) is 6.14. The van der Waals surface area contributed by atoms with Crippen LogP contribution in [0, 0.1) is 0 Å². The second-order valence-electron chi connectivity index (χ2n) is 3.17. The minimum Gasteiger partial charge on any atom is -0.364 e. The highest BCUT2D eigenvalue weighted by Gasteiger charge is 1.99. The second-order valence-corrected chi connectivity index (χ2v) is 3.58. The number of hydrogen-bond acceptors (Lipinski definition) is 2. The number of benzene rings is 1. The van der Waals surface area contributed by atoms with E-state index >= 15 is 0 Å². The Bertz CT molecular complexity index is 335. The number of rotatable bonds is 3. The lowest BCUT2D eigenvalue weighted by Gasteiger charge is -2.05. The van der Waals surface area contributed by atoms with Gasteiger partial charge in [0.05, 0.1) is 0 Å². The summed E-state index contributed by atoms with van der Waals surface area (Å²) in [6.07, 6.45) is 1.83. The highest BCUT2D eigenvalue weighted by Crippen LogP contribution is 2.11. The van der Waals surface area contributed by atoms with E-state index in [2.05, 4.69) is 34.9 Å². The van der Waals surface area contributed by atoms with E-state index in [-0.39, 0.29) is 5.92 Å². The maximum Gasteiger partial charge on any atom is 0.186 e. The molecule has 0 fully saturated rings. The van der Waals surface area contributed by atoms with E-state index in [1.54, 1.807) is 7.05 Å². The van der Waals surface area contributed by atoms with Crippen LogP contribution in [0.2, 0.25) is 0 Å². The molecule has 0 aliphatic carbocycles. The first-order chi connectivity index (χ1) is 7.24. The van der Waals surface area contributed by atoms with E-state index in [4.69, 9.17) is 12.2 Å². The fourth-order valence-electron chi connectivity index (χ4n) is 1.11. The molecule has 1 unspecified atom stereocenters. The minimum absolute atomic E-state index is 0.276. The molecule has 1 rings (SSSR count). The summed E-state index contributed by atoms with van der Waals surface area (Å²) in [7, 11) is 1.76. The van der Waals surface area contributed by atoms with E-state index in [0.29, 0.717) is 5.11 Å². The third-order valence-electron chi connectivity index (χ3n) is 2.02. The average Bonchev–Trinajstić information content (AvgIpc) is 2.29. The van der Waals surface area contributed by atoms with E-state index in [0.717, 1.165) is 0 Å². The first-order valence-corrected chi connectivity index (χ1v) is 5.20. The summed E-state index contributed by atoms with van der Waals surface area (Å²) in [6, 6.07) is 10.2. The summed E-state index contributed by atoms with van der Waals surface area (Å²) < 4.78 is 0. The molecular formula is C11H15N3S. The number of hydrogen-bond donors (Lipinski definition) is 2. The molecule has 0 heterocycles. The SMILES string of the molecule is CNC(=S)N/N=C\C(C)c1ccccc1. The summed E-state index contributed by atoms with van der Waals surface area (Å²) in [6.45, 7) is 2.09. The summed E-state index contributed by atoms with van der Waals surface area (Å²) in [5.41, 5.74) is 3.96. The van der Waals surface area contributed by atoms with Crippen molar-refractivity contribution in [1.29, 1.82) is 0 Å². The Balaban J connectivity index is 2.49. The molecule has 0 aliphatic rings. The number of nitrogens with one attached hydrogen (secondary N) is 2. The Morgan fingerprint density at radius 1 is 1.40 bits per heavy atom. The Hall–Kier alpha value is -1.42. The molecular weight excluding hydrogens is 206 g/mol. The lowest BCUT2D eigenvalue weighted by atomic mass is 10.0. The van der Waals surface area contributed by atoms with Gasteiger partial charge in [-0.25, -0.2) is 0 Å². The monoisotopic (exact) mass is 221 g/mol. The van der Waals surface area contributed by atoms with Crippen molar-refractivity contribution in [2.24, 2.45) is 5.10 Å². The summed E-state index contributed by atoms with van der Waals surface area (Å²) in [5.74, 6) is 0.276. The van der Waals surface area contributed by atoms with Gasteiger partial charge < -0.3 is 5.32 Å². The molecule has 2 N–H and O–H groups in total. The quantitative estimate of drug-likeness (QED) is 0.465.